The molecule has 0 saturated carbocycles. The number of hydrogen-bond donors (Lipinski definition) is 1. The molecule has 3 rings (SSSR count). The van der Waals surface area contributed by atoms with E-state index in [1.807, 2.05) is 12.1 Å². The molecule has 128 valence electrons. The molecule has 3 aromatic rings. The highest BCUT2D eigenvalue weighted by molar-refractivity contribution is 6.33. The van der Waals surface area contributed by atoms with Crippen LogP contribution in [0, 0.1) is 0 Å². The Hall–Kier alpha value is -2.73. The summed E-state index contributed by atoms with van der Waals surface area (Å²) in [5.41, 5.74) is 6.66. The molecular weight excluding hydrogens is 348 g/mol. The number of nitrogens with zero attached hydrogens (tertiary/aromatic N) is 2. The van der Waals surface area contributed by atoms with Gasteiger partial charge in [-0.1, -0.05) is 54.1 Å². The molecule has 1 heterocycles. The predicted octanol–water partition coefficient (Wildman–Crippen LogP) is 4.44. The average molecular weight is 362 g/mol. The lowest BCUT2D eigenvalue weighted by molar-refractivity contribution is 0.0985. The minimum absolute atomic E-state index is 0.235. The number of aryl methyl sites for hydroxylation is 1. The van der Waals surface area contributed by atoms with Gasteiger partial charge in [0.05, 0.1) is 11.3 Å². The van der Waals surface area contributed by atoms with Crippen molar-refractivity contribution in [3.63, 3.8) is 0 Å². The van der Waals surface area contributed by atoms with Crippen molar-refractivity contribution in [2.24, 2.45) is 12.8 Å². The molecule has 0 radical (unpaired) electrons. The Labute approximate surface area is 147 Å². The van der Waals surface area contributed by atoms with E-state index in [-0.39, 0.29) is 11.3 Å². The molecule has 0 bridgehead atoms. The smallest absolute Gasteiger partial charge is 0.282 e. The van der Waals surface area contributed by atoms with Crippen LogP contribution in [0.4, 0.5) is 8.78 Å². The quantitative estimate of drug-likeness (QED) is 0.746. The molecule has 2 N–H and O–H groups in total. The first-order chi connectivity index (χ1) is 11.9. The summed E-state index contributed by atoms with van der Waals surface area (Å²) in [5.74, 6) is -0.952. The highest BCUT2D eigenvalue weighted by atomic mass is 35.5. The zero-order chi connectivity index (χ0) is 18.1. The molecule has 0 saturated heterocycles. The van der Waals surface area contributed by atoms with Gasteiger partial charge in [0.1, 0.15) is 5.69 Å². The van der Waals surface area contributed by atoms with E-state index in [1.54, 1.807) is 36.4 Å². The molecule has 25 heavy (non-hydrogen) atoms. The lowest BCUT2D eigenvalue weighted by atomic mass is 9.95. The van der Waals surface area contributed by atoms with Crippen LogP contribution >= 0.6 is 11.6 Å². The fourth-order valence-electron chi connectivity index (χ4n) is 2.85. The fraction of sp³-hybridized carbons (Fsp3) is 0.111. The molecule has 1 amide bonds. The number of benzene rings is 2. The predicted molar refractivity (Wildman–Crippen MR) is 92.6 cm³/mol. The van der Waals surface area contributed by atoms with Crippen LogP contribution in [0.2, 0.25) is 5.02 Å². The second-order valence-electron chi connectivity index (χ2n) is 5.42. The van der Waals surface area contributed by atoms with E-state index in [0.717, 1.165) is 5.56 Å². The summed E-state index contributed by atoms with van der Waals surface area (Å²) in [6.45, 7) is 0. The summed E-state index contributed by atoms with van der Waals surface area (Å²) in [6, 6.07) is 14.2. The van der Waals surface area contributed by atoms with Gasteiger partial charge in [0.25, 0.3) is 12.3 Å². The van der Waals surface area contributed by atoms with Crippen LogP contribution in [0.3, 0.4) is 0 Å². The molecule has 7 heteroatoms. The third-order valence-electron chi connectivity index (χ3n) is 3.87. The standard InChI is InChI=1S/C18H14ClF2N3O/c1-24-16(14(18(22)25)15(23-24)17(20)21)12-8-3-2-6-10(12)11-7-4-5-9-13(11)19/h2-9,17H,1H3,(H2,22,25). The third-order valence-corrected chi connectivity index (χ3v) is 4.20. The highest BCUT2D eigenvalue weighted by Crippen LogP contribution is 2.38. The molecule has 0 aliphatic rings. The first-order valence-corrected chi connectivity index (χ1v) is 7.78. The van der Waals surface area contributed by atoms with Crippen molar-refractivity contribution in [1.82, 2.24) is 9.78 Å². The molecule has 4 nitrogen and oxygen atoms in total. The van der Waals surface area contributed by atoms with Crippen molar-refractivity contribution in [2.45, 2.75) is 6.43 Å². The van der Waals surface area contributed by atoms with Gasteiger partial charge in [0.15, 0.2) is 0 Å². The fourth-order valence-corrected chi connectivity index (χ4v) is 3.09. The zero-order valence-corrected chi connectivity index (χ0v) is 14.0. The maximum atomic E-state index is 13.3. The van der Waals surface area contributed by atoms with Crippen LogP contribution in [0.25, 0.3) is 22.4 Å². The Morgan fingerprint density at radius 2 is 1.64 bits per heavy atom. The lowest BCUT2D eigenvalue weighted by Crippen LogP contribution is -2.14. The molecule has 0 aliphatic carbocycles. The monoisotopic (exact) mass is 361 g/mol. The van der Waals surface area contributed by atoms with Crippen molar-refractivity contribution in [1.29, 1.82) is 0 Å². The largest absolute Gasteiger partial charge is 0.365 e. The number of carbonyl (C=O) groups excluding carboxylic acids is 1. The molecule has 2 aromatic carbocycles. The third kappa shape index (κ3) is 3.00. The van der Waals surface area contributed by atoms with E-state index in [9.17, 15) is 13.6 Å². The Balaban J connectivity index is 2.33. The van der Waals surface area contributed by atoms with E-state index in [1.165, 1.54) is 11.7 Å². The Bertz CT molecular complexity index is 953. The summed E-state index contributed by atoms with van der Waals surface area (Å²) in [4.78, 5) is 11.9. The van der Waals surface area contributed by atoms with Crippen LogP contribution in [0.1, 0.15) is 22.5 Å². The minimum atomic E-state index is -2.91. The van der Waals surface area contributed by atoms with Crippen LogP contribution < -0.4 is 5.73 Å². The SMILES string of the molecule is Cn1nc(C(F)F)c(C(N)=O)c1-c1ccccc1-c1ccccc1Cl. The van der Waals surface area contributed by atoms with Gasteiger partial charge in [0, 0.05) is 23.2 Å². The number of primary amides is 1. The molecule has 1 aromatic heterocycles. The number of aromatic nitrogens is 2. The number of halogens is 3. The molecule has 0 atom stereocenters. The van der Waals surface area contributed by atoms with Crippen molar-refractivity contribution in [3.05, 3.63) is 64.8 Å². The minimum Gasteiger partial charge on any atom is -0.365 e. The first kappa shape index (κ1) is 17.1. The number of hydrogen-bond acceptors (Lipinski definition) is 2. The normalized spacial score (nSPS) is 11.1. The van der Waals surface area contributed by atoms with E-state index in [4.69, 9.17) is 17.3 Å². The maximum Gasteiger partial charge on any atom is 0.282 e. The maximum absolute atomic E-state index is 13.3. The summed E-state index contributed by atoms with van der Waals surface area (Å²) in [6.07, 6.45) is -2.91. The Kier molecular flexibility index (Phi) is 4.55. The van der Waals surface area contributed by atoms with Crippen LogP contribution in [-0.2, 0) is 7.05 Å². The van der Waals surface area contributed by atoms with Crippen molar-refractivity contribution in [2.75, 3.05) is 0 Å². The number of carbonyl (C=O) groups is 1. The van der Waals surface area contributed by atoms with Gasteiger partial charge in [-0.15, -0.1) is 0 Å². The van der Waals surface area contributed by atoms with Crippen molar-refractivity contribution >= 4 is 17.5 Å². The van der Waals surface area contributed by atoms with Gasteiger partial charge in [-0.2, -0.15) is 5.10 Å². The van der Waals surface area contributed by atoms with E-state index in [0.29, 0.717) is 16.1 Å². The van der Waals surface area contributed by atoms with Crippen LogP contribution in [0.5, 0.6) is 0 Å². The zero-order valence-electron chi connectivity index (χ0n) is 13.2. The molecular formula is C18H14ClF2N3O. The molecule has 0 spiro atoms. The number of alkyl halides is 2. The first-order valence-electron chi connectivity index (χ1n) is 7.41. The van der Waals surface area contributed by atoms with E-state index < -0.39 is 18.0 Å². The van der Waals surface area contributed by atoms with Gasteiger partial charge < -0.3 is 5.73 Å². The summed E-state index contributed by atoms with van der Waals surface area (Å²) in [7, 11) is 1.50. The Morgan fingerprint density at radius 1 is 1.08 bits per heavy atom. The summed E-state index contributed by atoms with van der Waals surface area (Å²) >= 11 is 6.28. The number of rotatable bonds is 4. The van der Waals surface area contributed by atoms with Gasteiger partial charge in [-0.25, -0.2) is 8.78 Å². The van der Waals surface area contributed by atoms with Crippen molar-refractivity contribution in [3.8, 4) is 22.4 Å². The Morgan fingerprint density at radius 3 is 2.20 bits per heavy atom. The lowest BCUT2D eigenvalue weighted by Gasteiger charge is -2.12. The number of nitrogens with two attached hydrogens (primary N) is 1. The molecule has 0 fully saturated rings. The van der Waals surface area contributed by atoms with Gasteiger partial charge in [-0.05, 0) is 11.6 Å². The summed E-state index contributed by atoms with van der Waals surface area (Å²) < 4.78 is 27.8. The average Bonchev–Trinajstić information content (AvgIpc) is 2.93. The van der Waals surface area contributed by atoms with Gasteiger partial charge in [0.2, 0.25) is 0 Å². The number of amides is 1. The van der Waals surface area contributed by atoms with Crippen molar-refractivity contribution < 1.29 is 13.6 Å². The van der Waals surface area contributed by atoms with E-state index >= 15 is 0 Å². The van der Waals surface area contributed by atoms with Crippen LogP contribution in [-0.4, -0.2) is 15.7 Å². The van der Waals surface area contributed by atoms with E-state index in [2.05, 4.69) is 5.10 Å². The highest BCUT2D eigenvalue weighted by Gasteiger charge is 2.28. The molecule has 0 aliphatic heterocycles. The topological polar surface area (TPSA) is 60.9 Å². The van der Waals surface area contributed by atoms with Crippen LogP contribution in [0.15, 0.2) is 48.5 Å². The molecule has 0 unspecified atom stereocenters. The van der Waals surface area contributed by atoms with Gasteiger partial charge >= 0.3 is 0 Å². The second kappa shape index (κ2) is 6.64. The van der Waals surface area contributed by atoms with Gasteiger partial charge in [-0.3, -0.25) is 9.48 Å². The second-order valence-corrected chi connectivity index (χ2v) is 5.83. The summed E-state index contributed by atoms with van der Waals surface area (Å²) in [5, 5.41) is 4.30.